The van der Waals surface area contributed by atoms with E-state index in [2.05, 4.69) is 58.5 Å². The second kappa shape index (κ2) is 9.09. The van der Waals surface area contributed by atoms with Crippen molar-refractivity contribution in [2.75, 3.05) is 5.75 Å². The normalized spacial score (nSPS) is 14.7. The van der Waals surface area contributed by atoms with E-state index in [4.69, 9.17) is 21.7 Å². The fourth-order valence-electron chi connectivity index (χ4n) is 4.21. The Morgan fingerprint density at radius 1 is 1.00 bits per heavy atom. The Morgan fingerprint density at radius 2 is 1.77 bits per heavy atom. The molecule has 1 saturated heterocycles. The summed E-state index contributed by atoms with van der Waals surface area (Å²) in [5, 5.41) is 10.1. The van der Waals surface area contributed by atoms with Crippen LogP contribution < -0.4 is 5.32 Å². The number of carbonyl (C=O) groups is 1. The molecule has 0 atom stereocenters. The molecule has 1 fully saturated rings. The molecule has 0 saturated carbocycles. The Balaban J connectivity index is 1.48. The van der Waals surface area contributed by atoms with Crippen LogP contribution in [-0.4, -0.2) is 31.2 Å². The first-order valence-corrected chi connectivity index (χ1v) is 12.5. The predicted octanol–water partition coefficient (Wildman–Crippen LogP) is 6.05. The molecule has 5 aromatic rings. The zero-order valence-electron chi connectivity index (χ0n) is 18.6. The van der Waals surface area contributed by atoms with Crippen LogP contribution in [0.25, 0.3) is 27.8 Å². The quantitative estimate of drug-likeness (QED) is 0.321. The monoisotopic (exact) mass is 497 g/mol. The van der Waals surface area contributed by atoms with Crippen LogP contribution in [0, 0.1) is 0 Å². The summed E-state index contributed by atoms with van der Waals surface area (Å²) < 4.78 is 4.03. The van der Waals surface area contributed by atoms with Crippen molar-refractivity contribution in [2.45, 2.75) is 6.54 Å². The van der Waals surface area contributed by atoms with Gasteiger partial charge in [0.1, 0.15) is 0 Å². The maximum absolute atomic E-state index is 11.7. The van der Waals surface area contributed by atoms with Crippen molar-refractivity contribution in [1.29, 1.82) is 0 Å². The molecular weight excluding hydrogens is 478 g/mol. The molecule has 6 nitrogen and oxygen atoms in total. The number of amidine groups is 1. The number of amides is 1. The first-order valence-electron chi connectivity index (χ1n) is 11.1. The Kier molecular flexibility index (Phi) is 5.64. The highest BCUT2D eigenvalue weighted by Gasteiger charge is 2.20. The highest BCUT2D eigenvalue weighted by atomic mass is 35.5. The minimum atomic E-state index is -0.0458. The number of aliphatic imine (C=N–C) groups is 1. The zero-order chi connectivity index (χ0) is 23.8. The second-order valence-electron chi connectivity index (χ2n) is 8.20. The van der Waals surface area contributed by atoms with Gasteiger partial charge in [-0.25, -0.2) is 9.67 Å². The van der Waals surface area contributed by atoms with Crippen LogP contribution in [-0.2, 0) is 11.3 Å². The molecule has 1 aliphatic heterocycles. The molecule has 35 heavy (non-hydrogen) atoms. The van der Waals surface area contributed by atoms with E-state index in [1.165, 1.54) is 17.3 Å². The first kappa shape index (κ1) is 21.7. The molecule has 1 N–H and O–H groups in total. The molecule has 0 bridgehead atoms. The number of fused-ring (bicyclic) bond motifs is 1. The third-order valence-corrected chi connectivity index (χ3v) is 6.95. The van der Waals surface area contributed by atoms with Crippen LogP contribution in [0.4, 0.5) is 5.82 Å². The average Bonchev–Trinajstić information content (AvgIpc) is 3.58. The van der Waals surface area contributed by atoms with Crippen molar-refractivity contribution >= 4 is 51.2 Å². The highest BCUT2D eigenvalue weighted by molar-refractivity contribution is 8.15. The fraction of sp³-hybridized carbons (Fsp3) is 0.0741. The molecule has 2 aromatic heterocycles. The van der Waals surface area contributed by atoms with Gasteiger partial charge in [-0.2, -0.15) is 5.10 Å². The summed E-state index contributed by atoms with van der Waals surface area (Å²) in [5.74, 6) is 0.954. The minimum Gasteiger partial charge on any atom is -0.342 e. The van der Waals surface area contributed by atoms with E-state index >= 15 is 0 Å². The van der Waals surface area contributed by atoms with Gasteiger partial charge in [0.15, 0.2) is 11.0 Å². The average molecular weight is 498 g/mol. The van der Waals surface area contributed by atoms with Gasteiger partial charge < -0.3 is 9.88 Å². The van der Waals surface area contributed by atoms with Crippen molar-refractivity contribution in [2.24, 2.45) is 4.99 Å². The van der Waals surface area contributed by atoms with Crippen molar-refractivity contribution < 1.29 is 4.79 Å². The number of carbonyl (C=O) groups excluding carboxylic acids is 1. The van der Waals surface area contributed by atoms with Gasteiger partial charge in [-0.05, 0) is 35.9 Å². The summed E-state index contributed by atoms with van der Waals surface area (Å²) in [7, 11) is 0. The van der Waals surface area contributed by atoms with Gasteiger partial charge in [-0.1, -0.05) is 71.9 Å². The lowest BCUT2D eigenvalue weighted by molar-refractivity contribution is -0.116. The molecule has 1 amide bonds. The zero-order valence-corrected chi connectivity index (χ0v) is 20.1. The van der Waals surface area contributed by atoms with Crippen LogP contribution in [0.15, 0.2) is 96.1 Å². The van der Waals surface area contributed by atoms with Crippen LogP contribution in [0.2, 0.25) is 5.02 Å². The number of thioether (sulfide) groups is 1. The molecule has 3 heterocycles. The number of hydrogen-bond acceptors (Lipinski definition) is 4. The molecule has 8 heteroatoms. The highest BCUT2D eigenvalue weighted by Crippen LogP contribution is 2.34. The largest absolute Gasteiger partial charge is 0.342 e. The summed E-state index contributed by atoms with van der Waals surface area (Å²) in [6.07, 6.45) is 2.15. The van der Waals surface area contributed by atoms with Gasteiger partial charge in [0.25, 0.3) is 0 Å². The SMILES string of the molecule is O=C1CS/C(=N\c2cc(-c3cn(Cc4ccccc4)c4ccccc34)nn2-c2ccc(Cl)cc2)N1. The predicted molar refractivity (Wildman–Crippen MR) is 143 cm³/mol. The molecule has 3 aromatic carbocycles. The Bertz CT molecular complexity index is 1570. The molecular formula is C27H20ClN5OS. The Labute approximate surface area is 211 Å². The van der Waals surface area contributed by atoms with Crippen LogP contribution in [0.1, 0.15) is 5.56 Å². The van der Waals surface area contributed by atoms with E-state index < -0.39 is 0 Å². The van der Waals surface area contributed by atoms with E-state index in [0.29, 0.717) is 21.8 Å². The number of nitrogens with zero attached hydrogens (tertiary/aromatic N) is 4. The van der Waals surface area contributed by atoms with Crippen molar-refractivity contribution in [3.8, 4) is 16.9 Å². The minimum absolute atomic E-state index is 0.0458. The van der Waals surface area contributed by atoms with Crippen LogP contribution in [0.3, 0.4) is 0 Å². The van der Waals surface area contributed by atoms with E-state index in [1.54, 1.807) is 4.68 Å². The van der Waals surface area contributed by atoms with Gasteiger partial charge in [0, 0.05) is 40.3 Å². The molecule has 0 unspecified atom stereocenters. The molecule has 1 aliphatic rings. The van der Waals surface area contributed by atoms with Crippen LogP contribution >= 0.6 is 23.4 Å². The maximum atomic E-state index is 11.7. The Morgan fingerprint density at radius 3 is 2.54 bits per heavy atom. The lowest BCUT2D eigenvalue weighted by Gasteiger charge is -2.05. The van der Waals surface area contributed by atoms with Crippen molar-refractivity contribution in [3.05, 3.63) is 102 Å². The molecule has 0 aliphatic carbocycles. The topological polar surface area (TPSA) is 64.2 Å². The molecule has 0 spiro atoms. The first-order chi connectivity index (χ1) is 17.1. The number of rotatable bonds is 5. The van der Waals surface area contributed by atoms with Crippen LogP contribution in [0.5, 0.6) is 0 Å². The smallest absolute Gasteiger partial charge is 0.236 e. The summed E-state index contributed by atoms with van der Waals surface area (Å²) in [4.78, 5) is 16.4. The number of halogens is 1. The number of hydrogen-bond donors (Lipinski definition) is 1. The third-order valence-electron chi connectivity index (χ3n) is 5.82. The van der Waals surface area contributed by atoms with Gasteiger partial charge in [-0.15, -0.1) is 0 Å². The van der Waals surface area contributed by atoms with Gasteiger partial charge in [0.2, 0.25) is 5.91 Å². The van der Waals surface area contributed by atoms with Gasteiger partial charge >= 0.3 is 0 Å². The standard InChI is InChI=1S/C27H20ClN5OS/c28-19-10-12-20(13-11-19)33-25(29-27-30-26(34)17-35-27)14-23(31-33)22-16-32(15-18-6-2-1-3-7-18)24-9-5-4-8-21(22)24/h1-14,16H,15,17H2,(H,29,30,34). The third kappa shape index (κ3) is 4.36. The Hall–Kier alpha value is -3.81. The van der Waals surface area contributed by atoms with E-state index in [1.807, 2.05) is 42.5 Å². The summed E-state index contributed by atoms with van der Waals surface area (Å²) >= 11 is 7.50. The molecule has 172 valence electrons. The van der Waals surface area contributed by atoms with E-state index in [0.717, 1.165) is 34.4 Å². The lowest BCUT2D eigenvalue weighted by atomic mass is 10.1. The number of aromatic nitrogens is 3. The van der Waals surface area contributed by atoms with E-state index in [9.17, 15) is 4.79 Å². The number of benzene rings is 3. The van der Waals surface area contributed by atoms with Crippen molar-refractivity contribution in [3.63, 3.8) is 0 Å². The molecule has 0 radical (unpaired) electrons. The van der Waals surface area contributed by atoms with Crippen molar-refractivity contribution in [1.82, 2.24) is 19.7 Å². The number of para-hydroxylation sites is 1. The fourth-order valence-corrected chi connectivity index (χ4v) is 5.02. The van der Waals surface area contributed by atoms with Gasteiger partial charge in [-0.3, -0.25) is 4.79 Å². The second-order valence-corrected chi connectivity index (χ2v) is 9.60. The van der Waals surface area contributed by atoms with E-state index in [-0.39, 0.29) is 5.91 Å². The lowest BCUT2D eigenvalue weighted by Crippen LogP contribution is -2.20. The summed E-state index contributed by atoms with van der Waals surface area (Å²) in [5.41, 5.74) is 5.03. The molecule has 6 rings (SSSR count). The summed E-state index contributed by atoms with van der Waals surface area (Å²) in [6, 6.07) is 28.2. The maximum Gasteiger partial charge on any atom is 0.236 e. The number of nitrogens with one attached hydrogen (secondary N) is 1. The van der Waals surface area contributed by atoms with Gasteiger partial charge in [0.05, 0.1) is 17.1 Å². The summed E-state index contributed by atoms with van der Waals surface area (Å²) in [6.45, 7) is 0.761.